The Morgan fingerprint density at radius 1 is 1.39 bits per heavy atom. The van der Waals surface area contributed by atoms with Gasteiger partial charge in [-0.15, -0.1) is 0 Å². The number of aromatic amines is 1. The average Bonchev–Trinajstić information content (AvgIpc) is 2.86. The molecular formula is C13H16N2O2S. The number of benzene rings is 1. The van der Waals surface area contributed by atoms with Crippen LogP contribution in [-0.2, 0) is 10.8 Å². The first-order valence-corrected chi connectivity index (χ1v) is 7.40. The van der Waals surface area contributed by atoms with Crippen LogP contribution in [0.4, 0.5) is 0 Å². The molecule has 1 amide bonds. The molecule has 0 spiro atoms. The first-order chi connectivity index (χ1) is 8.72. The predicted octanol–water partition coefficient (Wildman–Crippen LogP) is 1.67. The highest BCUT2D eigenvalue weighted by Gasteiger charge is 2.09. The molecule has 2 aromatic rings. The van der Waals surface area contributed by atoms with E-state index in [1.807, 2.05) is 31.3 Å². The van der Waals surface area contributed by atoms with Crippen LogP contribution in [-0.4, -0.2) is 33.2 Å². The third kappa shape index (κ3) is 2.79. The molecule has 96 valence electrons. The molecule has 0 aliphatic rings. The van der Waals surface area contributed by atoms with Gasteiger partial charge in [-0.25, -0.2) is 0 Å². The second kappa shape index (κ2) is 5.82. The number of H-pyrrole nitrogens is 1. The molecule has 0 radical (unpaired) electrons. The Hall–Kier alpha value is -1.62. The molecule has 0 bridgehead atoms. The van der Waals surface area contributed by atoms with E-state index in [0.717, 1.165) is 10.9 Å². The largest absolute Gasteiger partial charge is 0.361 e. The fourth-order valence-corrected chi connectivity index (χ4v) is 2.42. The molecule has 0 saturated carbocycles. The summed E-state index contributed by atoms with van der Waals surface area (Å²) in [6, 6.07) is 7.45. The Morgan fingerprint density at radius 2 is 2.22 bits per heavy atom. The normalized spacial score (nSPS) is 12.5. The lowest BCUT2D eigenvalue weighted by Crippen LogP contribution is -2.28. The van der Waals surface area contributed by atoms with E-state index in [9.17, 15) is 9.00 Å². The van der Waals surface area contributed by atoms with Gasteiger partial charge >= 0.3 is 0 Å². The van der Waals surface area contributed by atoms with Crippen LogP contribution >= 0.6 is 0 Å². The summed E-state index contributed by atoms with van der Waals surface area (Å²) in [5.41, 5.74) is 1.59. The summed E-state index contributed by atoms with van der Waals surface area (Å²) in [6.07, 6.45) is 1.81. The number of amides is 1. The first-order valence-electron chi connectivity index (χ1n) is 5.91. The minimum absolute atomic E-state index is 0.117. The van der Waals surface area contributed by atoms with Crippen molar-refractivity contribution in [3.8, 4) is 0 Å². The molecule has 1 aromatic carbocycles. The summed E-state index contributed by atoms with van der Waals surface area (Å²) in [6.45, 7) is 2.32. The molecule has 0 aliphatic heterocycles. The summed E-state index contributed by atoms with van der Waals surface area (Å²) >= 11 is 0. The van der Waals surface area contributed by atoms with Gasteiger partial charge < -0.3 is 10.3 Å². The van der Waals surface area contributed by atoms with Gasteiger partial charge in [0.05, 0.1) is 0 Å². The van der Waals surface area contributed by atoms with Gasteiger partial charge in [0.2, 0.25) is 0 Å². The highest BCUT2D eigenvalue weighted by atomic mass is 32.2. The van der Waals surface area contributed by atoms with Crippen molar-refractivity contribution in [2.75, 3.05) is 18.1 Å². The van der Waals surface area contributed by atoms with Gasteiger partial charge in [-0.1, -0.05) is 13.0 Å². The Labute approximate surface area is 108 Å². The van der Waals surface area contributed by atoms with Gasteiger partial charge in [-0.2, -0.15) is 0 Å². The van der Waals surface area contributed by atoms with Crippen molar-refractivity contribution in [1.82, 2.24) is 10.3 Å². The summed E-state index contributed by atoms with van der Waals surface area (Å²) in [4.78, 5) is 15.1. The summed E-state index contributed by atoms with van der Waals surface area (Å²) in [7, 11) is -0.840. The number of aromatic nitrogens is 1. The van der Waals surface area contributed by atoms with Gasteiger partial charge in [-0.3, -0.25) is 9.00 Å². The van der Waals surface area contributed by atoms with Crippen LogP contribution < -0.4 is 5.32 Å². The van der Waals surface area contributed by atoms with E-state index < -0.39 is 10.8 Å². The molecule has 0 saturated heterocycles. The fourth-order valence-electron chi connectivity index (χ4n) is 1.80. The summed E-state index contributed by atoms with van der Waals surface area (Å²) < 4.78 is 11.3. The van der Waals surface area contributed by atoms with E-state index in [-0.39, 0.29) is 5.91 Å². The van der Waals surface area contributed by atoms with Crippen LogP contribution in [0.3, 0.4) is 0 Å². The van der Waals surface area contributed by atoms with Crippen molar-refractivity contribution in [3.05, 3.63) is 36.0 Å². The van der Waals surface area contributed by atoms with Crippen molar-refractivity contribution in [2.45, 2.75) is 6.92 Å². The van der Waals surface area contributed by atoms with Crippen LogP contribution in [0, 0.1) is 0 Å². The predicted molar refractivity (Wildman–Crippen MR) is 74.2 cm³/mol. The molecule has 1 heterocycles. The number of nitrogens with one attached hydrogen (secondary N) is 2. The Bertz CT molecular complexity index is 577. The van der Waals surface area contributed by atoms with Crippen LogP contribution in [0.15, 0.2) is 30.5 Å². The van der Waals surface area contributed by atoms with E-state index in [0.29, 0.717) is 23.6 Å². The van der Waals surface area contributed by atoms with Crippen molar-refractivity contribution < 1.29 is 9.00 Å². The lowest BCUT2D eigenvalue weighted by atomic mass is 10.1. The van der Waals surface area contributed by atoms with Crippen molar-refractivity contribution in [3.63, 3.8) is 0 Å². The summed E-state index contributed by atoms with van der Waals surface area (Å²) in [5, 5.41) is 3.71. The molecule has 0 fully saturated rings. The van der Waals surface area contributed by atoms with Crippen LogP contribution in [0.1, 0.15) is 17.3 Å². The van der Waals surface area contributed by atoms with E-state index in [2.05, 4.69) is 10.3 Å². The lowest BCUT2D eigenvalue weighted by molar-refractivity contribution is 0.0958. The molecule has 1 aromatic heterocycles. The molecule has 0 aliphatic carbocycles. The Morgan fingerprint density at radius 3 is 3.00 bits per heavy atom. The quantitative estimate of drug-likeness (QED) is 0.863. The molecular weight excluding hydrogens is 248 g/mol. The summed E-state index contributed by atoms with van der Waals surface area (Å²) in [5.74, 6) is 1.02. The Kier molecular flexibility index (Phi) is 4.15. The maximum Gasteiger partial charge on any atom is 0.251 e. The highest BCUT2D eigenvalue weighted by Crippen LogP contribution is 2.16. The third-order valence-corrected chi connectivity index (χ3v) is 4.08. The van der Waals surface area contributed by atoms with E-state index in [1.165, 1.54) is 0 Å². The van der Waals surface area contributed by atoms with E-state index in [4.69, 9.17) is 0 Å². The molecule has 18 heavy (non-hydrogen) atoms. The maximum absolute atomic E-state index is 12.0. The minimum Gasteiger partial charge on any atom is -0.361 e. The second-order valence-electron chi connectivity index (χ2n) is 3.93. The van der Waals surface area contributed by atoms with Gasteiger partial charge in [0.1, 0.15) is 0 Å². The van der Waals surface area contributed by atoms with Crippen LogP contribution in [0.25, 0.3) is 10.9 Å². The standard InChI is InChI=1S/C13H16N2O2S/c1-2-18(17)9-8-15-13(16)11-4-3-5-12-10(11)6-7-14-12/h3-7,14H,2,8-9H2,1H3,(H,15,16). The zero-order valence-corrected chi connectivity index (χ0v) is 11.0. The van der Waals surface area contributed by atoms with Crippen molar-refractivity contribution in [2.24, 2.45) is 0 Å². The highest BCUT2D eigenvalue weighted by molar-refractivity contribution is 7.84. The van der Waals surface area contributed by atoms with Gasteiger partial charge in [0, 0.05) is 51.5 Å². The lowest BCUT2D eigenvalue weighted by Gasteiger charge is -2.05. The molecule has 2 rings (SSSR count). The first kappa shape index (κ1) is 12.8. The monoisotopic (exact) mass is 264 g/mol. The maximum atomic E-state index is 12.0. The number of hydrogen-bond donors (Lipinski definition) is 2. The number of fused-ring (bicyclic) bond motifs is 1. The van der Waals surface area contributed by atoms with E-state index >= 15 is 0 Å². The topological polar surface area (TPSA) is 62.0 Å². The average molecular weight is 264 g/mol. The smallest absolute Gasteiger partial charge is 0.251 e. The van der Waals surface area contributed by atoms with Crippen LogP contribution in [0.5, 0.6) is 0 Å². The number of carbonyl (C=O) groups excluding carboxylic acids is 1. The zero-order valence-electron chi connectivity index (χ0n) is 10.2. The molecule has 1 unspecified atom stereocenters. The molecule has 5 heteroatoms. The van der Waals surface area contributed by atoms with Gasteiger partial charge in [0.15, 0.2) is 0 Å². The SMILES string of the molecule is CCS(=O)CCNC(=O)c1cccc2[nH]ccc12. The number of carbonyl (C=O) groups is 1. The zero-order chi connectivity index (χ0) is 13.0. The second-order valence-corrected chi connectivity index (χ2v) is 5.80. The van der Waals surface area contributed by atoms with Crippen molar-refractivity contribution >= 4 is 27.6 Å². The minimum atomic E-state index is -0.840. The number of rotatable bonds is 5. The van der Waals surface area contributed by atoms with Crippen molar-refractivity contribution in [1.29, 1.82) is 0 Å². The van der Waals surface area contributed by atoms with Crippen LogP contribution in [0.2, 0.25) is 0 Å². The molecule has 2 N–H and O–H groups in total. The molecule has 1 atom stereocenters. The third-order valence-electron chi connectivity index (χ3n) is 2.78. The van der Waals surface area contributed by atoms with E-state index in [1.54, 1.807) is 6.07 Å². The fraction of sp³-hybridized carbons (Fsp3) is 0.308. The number of hydrogen-bond acceptors (Lipinski definition) is 2. The van der Waals surface area contributed by atoms with Gasteiger partial charge in [0.25, 0.3) is 5.91 Å². The van der Waals surface area contributed by atoms with Gasteiger partial charge in [-0.05, 0) is 18.2 Å². The molecule has 4 nitrogen and oxygen atoms in total. The Balaban J connectivity index is 2.05.